The number of benzene rings is 1. The summed E-state index contributed by atoms with van der Waals surface area (Å²) in [5.41, 5.74) is 1.22. The summed E-state index contributed by atoms with van der Waals surface area (Å²) in [5.74, 6) is 0.888. The number of aryl methyl sites for hydroxylation is 1. The molecule has 1 rings (SSSR count). The Morgan fingerprint density at radius 1 is 1.24 bits per heavy atom. The lowest BCUT2D eigenvalue weighted by Gasteiger charge is -2.09. The average molecular weight is 325 g/mol. The Hall–Kier alpha value is -0.290. The van der Waals surface area contributed by atoms with E-state index >= 15 is 0 Å². The lowest BCUT2D eigenvalue weighted by Crippen LogP contribution is -2.24. The molecular formula is C12H19BrClNO2. The smallest absolute Gasteiger partial charge is 0.133 e. The van der Waals surface area contributed by atoms with Crippen LogP contribution >= 0.6 is 28.3 Å². The van der Waals surface area contributed by atoms with Gasteiger partial charge in [-0.05, 0) is 40.5 Å². The molecule has 1 aromatic carbocycles. The van der Waals surface area contributed by atoms with Crippen LogP contribution in [-0.4, -0.2) is 33.4 Å². The number of halogens is 2. The third-order valence-electron chi connectivity index (χ3n) is 2.11. The standard InChI is InChI=1S/C12H18BrNO2.ClH/c1-10-3-4-12(11(13)9-10)16-8-6-14-5-7-15-2;/h3-4,9,14H,5-8H2,1-2H3;1H. The number of ether oxygens (including phenoxy) is 2. The highest BCUT2D eigenvalue weighted by atomic mass is 79.9. The Kier molecular flexibility index (Phi) is 9.55. The molecule has 0 saturated carbocycles. The second-order valence-electron chi connectivity index (χ2n) is 3.53. The van der Waals surface area contributed by atoms with Crippen molar-refractivity contribution in [3.8, 4) is 5.75 Å². The summed E-state index contributed by atoms with van der Waals surface area (Å²) in [5, 5.41) is 3.22. The highest BCUT2D eigenvalue weighted by Crippen LogP contribution is 2.25. The molecule has 0 amide bonds. The van der Waals surface area contributed by atoms with E-state index in [2.05, 4.69) is 28.2 Å². The minimum absolute atomic E-state index is 0. The number of nitrogens with one attached hydrogen (secondary N) is 1. The lowest BCUT2D eigenvalue weighted by atomic mass is 10.2. The molecule has 0 aliphatic carbocycles. The zero-order valence-corrected chi connectivity index (χ0v) is 12.6. The fraction of sp³-hybridized carbons (Fsp3) is 0.500. The van der Waals surface area contributed by atoms with E-state index in [0.29, 0.717) is 6.61 Å². The number of methoxy groups -OCH3 is 1. The van der Waals surface area contributed by atoms with E-state index < -0.39 is 0 Å². The molecule has 0 saturated heterocycles. The van der Waals surface area contributed by atoms with E-state index in [1.54, 1.807) is 7.11 Å². The summed E-state index contributed by atoms with van der Waals surface area (Å²) in [7, 11) is 1.70. The van der Waals surface area contributed by atoms with Crippen molar-refractivity contribution >= 4 is 28.3 Å². The molecule has 0 aliphatic rings. The summed E-state index contributed by atoms with van der Waals surface area (Å²) in [6, 6.07) is 6.07. The van der Waals surface area contributed by atoms with Crippen molar-refractivity contribution < 1.29 is 9.47 Å². The van der Waals surface area contributed by atoms with E-state index in [0.717, 1.165) is 29.9 Å². The Morgan fingerprint density at radius 3 is 2.59 bits per heavy atom. The lowest BCUT2D eigenvalue weighted by molar-refractivity contribution is 0.196. The van der Waals surface area contributed by atoms with Gasteiger partial charge in [0.1, 0.15) is 12.4 Å². The largest absolute Gasteiger partial charge is 0.491 e. The maximum Gasteiger partial charge on any atom is 0.133 e. The molecule has 0 spiro atoms. The molecule has 17 heavy (non-hydrogen) atoms. The van der Waals surface area contributed by atoms with Gasteiger partial charge in [-0.25, -0.2) is 0 Å². The van der Waals surface area contributed by atoms with Gasteiger partial charge in [-0.2, -0.15) is 0 Å². The van der Waals surface area contributed by atoms with Crippen LogP contribution < -0.4 is 10.1 Å². The van der Waals surface area contributed by atoms with Gasteiger partial charge in [0.25, 0.3) is 0 Å². The first kappa shape index (κ1) is 16.7. The Morgan fingerprint density at radius 2 is 1.94 bits per heavy atom. The Balaban J connectivity index is 0.00000256. The Labute approximate surface area is 117 Å². The summed E-state index contributed by atoms with van der Waals surface area (Å²) < 4.78 is 11.6. The van der Waals surface area contributed by atoms with Crippen molar-refractivity contribution in [3.63, 3.8) is 0 Å². The molecule has 0 aromatic heterocycles. The molecule has 3 nitrogen and oxygen atoms in total. The van der Waals surface area contributed by atoms with Gasteiger partial charge in [0.15, 0.2) is 0 Å². The minimum atomic E-state index is 0. The van der Waals surface area contributed by atoms with Crippen LogP contribution in [0.4, 0.5) is 0 Å². The monoisotopic (exact) mass is 323 g/mol. The Bertz CT molecular complexity index is 323. The maximum absolute atomic E-state index is 5.62. The van der Waals surface area contributed by atoms with Crippen LogP contribution in [0.1, 0.15) is 5.56 Å². The molecule has 0 radical (unpaired) electrons. The predicted octanol–water partition coefficient (Wildman–Crippen LogP) is 2.79. The quantitative estimate of drug-likeness (QED) is 0.782. The predicted molar refractivity (Wildman–Crippen MR) is 76.4 cm³/mol. The highest BCUT2D eigenvalue weighted by Gasteiger charge is 2.00. The summed E-state index contributed by atoms with van der Waals surface area (Å²) in [4.78, 5) is 0. The van der Waals surface area contributed by atoms with Crippen LogP contribution in [0.25, 0.3) is 0 Å². The summed E-state index contributed by atoms with van der Waals surface area (Å²) >= 11 is 3.48. The van der Waals surface area contributed by atoms with Gasteiger partial charge < -0.3 is 14.8 Å². The van der Waals surface area contributed by atoms with Crippen LogP contribution in [0.15, 0.2) is 22.7 Å². The third-order valence-corrected chi connectivity index (χ3v) is 2.73. The van der Waals surface area contributed by atoms with E-state index in [1.807, 2.05) is 18.2 Å². The molecule has 0 fully saturated rings. The van der Waals surface area contributed by atoms with Gasteiger partial charge >= 0.3 is 0 Å². The van der Waals surface area contributed by atoms with Crippen molar-refractivity contribution in [2.24, 2.45) is 0 Å². The van der Waals surface area contributed by atoms with Gasteiger partial charge in [-0.15, -0.1) is 12.4 Å². The number of rotatable bonds is 7. The van der Waals surface area contributed by atoms with Crippen molar-refractivity contribution in [1.82, 2.24) is 5.32 Å². The average Bonchev–Trinajstić information content (AvgIpc) is 2.26. The molecule has 0 bridgehead atoms. The van der Waals surface area contributed by atoms with Gasteiger partial charge in [0.2, 0.25) is 0 Å². The second-order valence-corrected chi connectivity index (χ2v) is 4.38. The molecule has 0 heterocycles. The van der Waals surface area contributed by atoms with Crippen LogP contribution in [0.2, 0.25) is 0 Å². The fourth-order valence-electron chi connectivity index (χ4n) is 1.26. The molecule has 0 aliphatic heterocycles. The van der Waals surface area contributed by atoms with E-state index in [-0.39, 0.29) is 12.4 Å². The van der Waals surface area contributed by atoms with Crippen molar-refractivity contribution in [3.05, 3.63) is 28.2 Å². The molecule has 0 unspecified atom stereocenters. The van der Waals surface area contributed by atoms with E-state index in [9.17, 15) is 0 Å². The SMILES string of the molecule is COCCNCCOc1ccc(C)cc1Br.Cl. The molecule has 1 aromatic rings. The molecule has 0 atom stereocenters. The first-order valence-electron chi connectivity index (χ1n) is 5.32. The van der Waals surface area contributed by atoms with Crippen LogP contribution in [-0.2, 0) is 4.74 Å². The van der Waals surface area contributed by atoms with Crippen LogP contribution in [0.5, 0.6) is 5.75 Å². The van der Waals surface area contributed by atoms with Crippen molar-refractivity contribution in [1.29, 1.82) is 0 Å². The summed E-state index contributed by atoms with van der Waals surface area (Å²) in [6.07, 6.45) is 0. The number of hydrogen-bond acceptors (Lipinski definition) is 3. The fourth-order valence-corrected chi connectivity index (χ4v) is 1.86. The van der Waals surface area contributed by atoms with Crippen molar-refractivity contribution in [2.75, 3.05) is 33.4 Å². The van der Waals surface area contributed by atoms with E-state index in [4.69, 9.17) is 9.47 Å². The maximum atomic E-state index is 5.62. The molecule has 1 N–H and O–H groups in total. The van der Waals surface area contributed by atoms with E-state index in [1.165, 1.54) is 5.56 Å². The van der Waals surface area contributed by atoms with Gasteiger partial charge in [-0.1, -0.05) is 6.07 Å². The summed E-state index contributed by atoms with van der Waals surface area (Å²) in [6.45, 7) is 5.12. The molecular weight excluding hydrogens is 305 g/mol. The minimum Gasteiger partial charge on any atom is -0.491 e. The van der Waals surface area contributed by atoms with Crippen LogP contribution in [0.3, 0.4) is 0 Å². The second kappa shape index (κ2) is 9.71. The molecule has 5 heteroatoms. The zero-order valence-electron chi connectivity index (χ0n) is 10.2. The normalized spacial score (nSPS) is 9.82. The topological polar surface area (TPSA) is 30.5 Å². The molecule has 98 valence electrons. The van der Waals surface area contributed by atoms with Crippen LogP contribution in [0, 0.1) is 6.92 Å². The zero-order chi connectivity index (χ0) is 11.8. The first-order chi connectivity index (χ1) is 7.74. The van der Waals surface area contributed by atoms with Gasteiger partial charge in [0.05, 0.1) is 11.1 Å². The highest BCUT2D eigenvalue weighted by molar-refractivity contribution is 9.10. The van der Waals surface area contributed by atoms with Crippen molar-refractivity contribution in [2.45, 2.75) is 6.92 Å². The van der Waals surface area contributed by atoms with Gasteiger partial charge in [-0.3, -0.25) is 0 Å². The van der Waals surface area contributed by atoms with Gasteiger partial charge in [0, 0.05) is 20.2 Å². The number of hydrogen-bond donors (Lipinski definition) is 1. The third kappa shape index (κ3) is 6.88. The first-order valence-corrected chi connectivity index (χ1v) is 6.12.